The maximum absolute atomic E-state index is 11.4. The van der Waals surface area contributed by atoms with E-state index in [1.54, 1.807) is 19.2 Å². The van der Waals surface area contributed by atoms with E-state index in [0.717, 1.165) is 5.56 Å². The molecule has 0 atom stereocenters. The summed E-state index contributed by atoms with van der Waals surface area (Å²) in [6, 6.07) is 7.06. The molecule has 0 radical (unpaired) electrons. The minimum atomic E-state index is -0.276. The molecular formula is C12H15ClN2O2. The van der Waals surface area contributed by atoms with Crippen LogP contribution in [0, 0.1) is 0 Å². The highest BCUT2D eigenvalue weighted by Gasteiger charge is 2.04. The van der Waals surface area contributed by atoms with E-state index in [9.17, 15) is 4.79 Å². The molecule has 1 rings (SSSR count). The largest absolute Gasteiger partial charge is 0.395 e. The van der Waals surface area contributed by atoms with E-state index >= 15 is 0 Å². The molecule has 0 bridgehead atoms. The van der Waals surface area contributed by atoms with Crippen molar-refractivity contribution in [2.75, 3.05) is 20.2 Å². The molecule has 17 heavy (non-hydrogen) atoms. The van der Waals surface area contributed by atoms with Gasteiger partial charge in [-0.2, -0.15) is 0 Å². The third-order valence-corrected chi connectivity index (χ3v) is 2.50. The van der Waals surface area contributed by atoms with Crippen molar-refractivity contribution in [1.29, 1.82) is 0 Å². The van der Waals surface area contributed by atoms with E-state index in [-0.39, 0.29) is 12.6 Å². The van der Waals surface area contributed by atoms with E-state index in [2.05, 4.69) is 5.32 Å². The van der Waals surface area contributed by atoms with E-state index in [1.807, 2.05) is 18.2 Å². The van der Waals surface area contributed by atoms with Crippen LogP contribution in [0.25, 0.3) is 6.08 Å². The number of hydrogen-bond acceptors (Lipinski definition) is 2. The maximum atomic E-state index is 11.4. The van der Waals surface area contributed by atoms with Crippen molar-refractivity contribution in [2.45, 2.75) is 0 Å². The SMILES string of the molecule is CN(CCO)C(=O)N/C=C/c1ccccc1Cl. The van der Waals surface area contributed by atoms with Gasteiger partial charge in [0.25, 0.3) is 0 Å². The number of urea groups is 1. The second kappa shape index (κ2) is 6.93. The maximum Gasteiger partial charge on any atom is 0.321 e. The quantitative estimate of drug-likeness (QED) is 0.863. The third-order valence-electron chi connectivity index (χ3n) is 2.16. The molecule has 2 N–H and O–H groups in total. The Morgan fingerprint density at radius 1 is 1.53 bits per heavy atom. The van der Waals surface area contributed by atoms with Gasteiger partial charge in [-0.1, -0.05) is 29.8 Å². The molecule has 5 heteroatoms. The van der Waals surface area contributed by atoms with E-state index in [1.165, 1.54) is 11.1 Å². The zero-order valence-electron chi connectivity index (χ0n) is 9.56. The highest BCUT2D eigenvalue weighted by Crippen LogP contribution is 2.15. The smallest absolute Gasteiger partial charge is 0.321 e. The molecule has 0 heterocycles. The average Bonchev–Trinajstić information content (AvgIpc) is 2.31. The molecule has 0 saturated carbocycles. The van der Waals surface area contributed by atoms with Crippen LogP contribution in [0.2, 0.25) is 5.02 Å². The van der Waals surface area contributed by atoms with Gasteiger partial charge in [0, 0.05) is 24.8 Å². The Bertz CT molecular complexity index is 407. The zero-order valence-corrected chi connectivity index (χ0v) is 10.3. The van der Waals surface area contributed by atoms with Crippen LogP contribution in [0.4, 0.5) is 4.79 Å². The first kappa shape index (κ1) is 13.5. The molecule has 0 aliphatic heterocycles. The first-order valence-electron chi connectivity index (χ1n) is 5.18. The second-order valence-corrected chi connectivity index (χ2v) is 3.86. The highest BCUT2D eigenvalue weighted by atomic mass is 35.5. The van der Waals surface area contributed by atoms with Gasteiger partial charge in [-0.05, 0) is 17.7 Å². The number of hydrogen-bond donors (Lipinski definition) is 2. The van der Waals surface area contributed by atoms with Crippen LogP contribution in [-0.2, 0) is 0 Å². The van der Waals surface area contributed by atoms with Crippen LogP contribution in [0.1, 0.15) is 5.56 Å². The summed E-state index contributed by atoms with van der Waals surface area (Å²) in [7, 11) is 1.61. The summed E-state index contributed by atoms with van der Waals surface area (Å²) >= 11 is 5.94. The molecule has 4 nitrogen and oxygen atoms in total. The van der Waals surface area contributed by atoms with Crippen LogP contribution in [0.5, 0.6) is 0 Å². The number of nitrogens with zero attached hydrogens (tertiary/aromatic N) is 1. The van der Waals surface area contributed by atoms with Crippen molar-refractivity contribution in [1.82, 2.24) is 10.2 Å². The first-order valence-corrected chi connectivity index (χ1v) is 5.56. The number of carbonyl (C=O) groups is 1. The molecule has 0 unspecified atom stereocenters. The van der Waals surface area contributed by atoms with Gasteiger partial charge >= 0.3 is 6.03 Å². The first-order chi connectivity index (χ1) is 8.15. The summed E-state index contributed by atoms with van der Waals surface area (Å²) in [6.07, 6.45) is 3.24. The van der Waals surface area contributed by atoms with E-state index in [4.69, 9.17) is 16.7 Å². The van der Waals surface area contributed by atoms with Crippen molar-refractivity contribution in [3.8, 4) is 0 Å². The summed E-state index contributed by atoms with van der Waals surface area (Å²) in [6.45, 7) is 0.240. The lowest BCUT2D eigenvalue weighted by Gasteiger charge is -2.14. The number of rotatable bonds is 4. The zero-order chi connectivity index (χ0) is 12.7. The molecule has 1 aromatic rings. The van der Waals surface area contributed by atoms with Gasteiger partial charge in [-0.15, -0.1) is 0 Å². The lowest BCUT2D eigenvalue weighted by Crippen LogP contribution is -2.36. The van der Waals surface area contributed by atoms with Gasteiger partial charge in [0.2, 0.25) is 0 Å². The number of benzene rings is 1. The number of aliphatic hydroxyl groups excluding tert-OH is 1. The standard InChI is InChI=1S/C12H15ClN2O2/c1-15(8-9-16)12(17)14-7-6-10-4-2-3-5-11(10)13/h2-7,16H,8-9H2,1H3,(H,14,17)/b7-6+. The van der Waals surface area contributed by atoms with Crippen molar-refractivity contribution in [3.63, 3.8) is 0 Å². The Morgan fingerprint density at radius 2 is 2.24 bits per heavy atom. The summed E-state index contributed by atoms with van der Waals surface area (Å²) in [5.41, 5.74) is 0.833. The summed E-state index contributed by atoms with van der Waals surface area (Å²) in [5.74, 6) is 0. The van der Waals surface area contributed by atoms with Crippen molar-refractivity contribution in [2.24, 2.45) is 0 Å². The monoisotopic (exact) mass is 254 g/mol. The summed E-state index contributed by atoms with van der Waals surface area (Å²) in [5, 5.41) is 11.9. The van der Waals surface area contributed by atoms with Crippen LogP contribution in [-0.4, -0.2) is 36.2 Å². The number of aliphatic hydroxyl groups is 1. The third kappa shape index (κ3) is 4.46. The molecule has 2 amide bonds. The fourth-order valence-corrected chi connectivity index (χ4v) is 1.37. The van der Waals surface area contributed by atoms with Gasteiger partial charge < -0.3 is 15.3 Å². The molecule has 92 valence electrons. The van der Waals surface area contributed by atoms with Crippen LogP contribution in [0.3, 0.4) is 0 Å². The second-order valence-electron chi connectivity index (χ2n) is 3.45. The van der Waals surface area contributed by atoms with Gasteiger partial charge in [-0.3, -0.25) is 0 Å². The minimum Gasteiger partial charge on any atom is -0.395 e. The predicted octanol–water partition coefficient (Wildman–Crippen LogP) is 1.94. The Morgan fingerprint density at radius 3 is 2.88 bits per heavy atom. The molecule has 0 aromatic heterocycles. The number of carbonyl (C=O) groups excluding carboxylic acids is 1. The summed E-state index contributed by atoms with van der Waals surface area (Å²) in [4.78, 5) is 12.8. The van der Waals surface area contributed by atoms with Gasteiger partial charge in [0.05, 0.1) is 6.61 Å². The topological polar surface area (TPSA) is 52.6 Å². The van der Waals surface area contributed by atoms with Gasteiger partial charge in [-0.25, -0.2) is 4.79 Å². The Kier molecular flexibility index (Phi) is 5.52. The van der Waals surface area contributed by atoms with Gasteiger partial charge in [0.1, 0.15) is 0 Å². The van der Waals surface area contributed by atoms with E-state index in [0.29, 0.717) is 11.6 Å². The van der Waals surface area contributed by atoms with Crippen molar-refractivity contribution < 1.29 is 9.90 Å². The molecule has 0 aliphatic carbocycles. The Balaban J connectivity index is 2.51. The number of amides is 2. The lowest BCUT2D eigenvalue weighted by atomic mass is 10.2. The molecule has 0 aliphatic rings. The number of likely N-dealkylation sites (N-methyl/N-ethyl adjacent to an activating group) is 1. The Labute approximate surface area is 106 Å². The van der Waals surface area contributed by atoms with Crippen molar-refractivity contribution in [3.05, 3.63) is 41.1 Å². The summed E-state index contributed by atoms with van der Waals surface area (Å²) < 4.78 is 0. The molecule has 1 aromatic carbocycles. The van der Waals surface area contributed by atoms with Crippen molar-refractivity contribution >= 4 is 23.7 Å². The van der Waals surface area contributed by atoms with Gasteiger partial charge in [0.15, 0.2) is 0 Å². The van der Waals surface area contributed by atoms with Crippen LogP contribution < -0.4 is 5.32 Å². The normalized spacial score (nSPS) is 10.5. The fourth-order valence-electron chi connectivity index (χ4n) is 1.17. The fraction of sp³-hybridized carbons (Fsp3) is 0.250. The number of nitrogens with one attached hydrogen (secondary N) is 1. The molecular weight excluding hydrogens is 240 g/mol. The number of halogens is 1. The van der Waals surface area contributed by atoms with E-state index < -0.39 is 0 Å². The lowest BCUT2D eigenvalue weighted by molar-refractivity contribution is 0.194. The molecule has 0 spiro atoms. The average molecular weight is 255 g/mol. The van der Waals surface area contributed by atoms with Crippen LogP contribution in [0.15, 0.2) is 30.5 Å². The minimum absolute atomic E-state index is 0.0574. The highest BCUT2D eigenvalue weighted by molar-refractivity contribution is 6.32. The van der Waals surface area contributed by atoms with Crippen LogP contribution >= 0.6 is 11.6 Å². The predicted molar refractivity (Wildman–Crippen MR) is 68.7 cm³/mol. The molecule has 0 saturated heterocycles. The Hall–Kier alpha value is -1.52. The molecule has 0 fully saturated rings.